The Morgan fingerprint density at radius 1 is 1.22 bits per heavy atom. The number of pyridine rings is 1. The molecule has 1 fully saturated rings. The maximum absolute atomic E-state index is 14.2. The molecule has 1 aliphatic carbocycles. The Bertz CT molecular complexity index is 1320. The minimum Gasteiger partial charge on any atom is -0.310 e. The molecule has 0 atom stereocenters. The highest BCUT2D eigenvalue weighted by Gasteiger charge is 2.32. The van der Waals surface area contributed by atoms with Gasteiger partial charge in [0.25, 0.3) is 5.56 Å². The Morgan fingerprint density at radius 2 is 2.03 bits per heavy atom. The molecule has 4 aromatic rings. The topological polar surface area (TPSA) is 76.5 Å². The summed E-state index contributed by atoms with van der Waals surface area (Å²) in [6.45, 7) is 1.63. The lowest BCUT2D eigenvalue weighted by atomic mass is 9.85. The first kappa shape index (κ1) is 20.5. The minimum atomic E-state index is -1.15. The molecule has 3 heterocycles. The van der Waals surface area contributed by atoms with Crippen molar-refractivity contribution in [2.45, 2.75) is 50.7 Å². The summed E-state index contributed by atoms with van der Waals surface area (Å²) in [5.74, 6) is 0.117. The molecule has 1 aliphatic rings. The Morgan fingerprint density at radius 3 is 2.78 bits per heavy atom. The van der Waals surface area contributed by atoms with Gasteiger partial charge in [0.1, 0.15) is 22.7 Å². The van der Waals surface area contributed by atoms with Crippen molar-refractivity contribution in [2.24, 2.45) is 0 Å². The molecule has 1 saturated carbocycles. The van der Waals surface area contributed by atoms with Crippen LogP contribution < -0.4 is 5.56 Å². The first-order valence-electron chi connectivity index (χ1n) is 10.7. The number of H-pyrrole nitrogens is 1. The van der Waals surface area contributed by atoms with Crippen LogP contribution >= 0.6 is 0 Å². The van der Waals surface area contributed by atoms with Crippen LogP contribution in [0.3, 0.4) is 0 Å². The largest absolute Gasteiger partial charge is 0.310 e. The van der Waals surface area contributed by atoms with Crippen molar-refractivity contribution in [2.75, 3.05) is 0 Å². The van der Waals surface area contributed by atoms with Gasteiger partial charge in [0.05, 0.1) is 12.2 Å². The minimum absolute atomic E-state index is 0.00949. The van der Waals surface area contributed by atoms with Gasteiger partial charge in [-0.15, -0.1) is 0 Å². The number of benzene rings is 1. The average Bonchev–Trinajstić information content (AvgIpc) is 3.20. The summed E-state index contributed by atoms with van der Waals surface area (Å²) in [4.78, 5) is 24.4. The second kappa shape index (κ2) is 7.93. The lowest BCUT2D eigenvalue weighted by molar-refractivity contribution is 0.103. The highest BCUT2D eigenvalue weighted by molar-refractivity contribution is 5.73. The molecule has 0 bridgehead atoms. The number of fused-ring (bicyclic) bond motifs is 1. The number of rotatable bonds is 4. The molecule has 0 amide bonds. The maximum Gasteiger partial charge on any atom is 0.262 e. The van der Waals surface area contributed by atoms with Crippen molar-refractivity contribution < 1.29 is 8.78 Å². The van der Waals surface area contributed by atoms with E-state index in [0.717, 1.165) is 11.1 Å². The first-order valence-corrected chi connectivity index (χ1v) is 10.7. The Balaban J connectivity index is 1.52. The van der Waals surface area contributed by atoms with Gasteiger partial charge in [0, 0.05) is 24.4 Å². The molecule has 6 nitrogen and oxygen atoms in total. The van der Waals surface area contributed by atoms with E-state index in [0.29, 0.717) is 54.5 Å². The van der Waals surface area contributed by atoms with Crippen molar-refractivity contribution in [3.05, 3.63) is 76.5 Å². The second-order valence-electron chi connectivity index (χ2n) is 8.70. The maximum atomic E-state index is 14.2. The molecular formula is C24H23F2N5O. The summed E-state index contributed by atoms with van der Waals surface area (Å²) >= 11 is 0. The van der Waals surface area contributed by atoms with E-state index in [1.165, 1.54) is 18.3 Å². The fourth-order valence-corrected chi connectivity index (χ4v) is 4.46. The van der Waals surface area contributed by atoms with Gasteiger partial charge in [0.15, 0.2) is 5.65 Å². The van der Waals surface area contributed by atoms with Crippen LogP contribution in [0.15, 0.2) is 53.7 Å². The van der Waals surface area contributed by atoms with Crippen LogP contribution in [-0.4, -0.2) is 30.4 Å². The van der Waals surface area contributed by atoms with Crippen LogP contribution in [0.5, 0.6) is 0 Å². The zero-order valence-corrected chi connectivity index (χ0v) is 17.7. The van der Waals surface area contributed by atoms with Crippen molar-refractivity contribution in [1.82, 2.24) is 24.7 Å². The summed E-state index contributed by atoms with van der Waals surface area (Å²) in [6, 6.07) is 8.22. The summed E-state index contributed by atoms with van der Waals surface area (Å²) in [5, 5.41) is 4.82. The predicted octanol–water partition coefficient (Wildman–Crippen LogP) is 4.75. The predicted molar refractivity (Wildman–Crippen MR) is 118 cm³/mol. The molecule has 1 aromatic carbocycles. The molecule has 1 N–H and O–H groups in total. The van der Waals surface area contributed by atoms with Crippen molar-refractivity contribution in [3.8, 4) is 11.1 Å². The lowest BCUT2D eigenvalue weighted by Crippen LogP contribution is -2.28. The van der Waals surface area contributed by atoms with Gasteiger partial charge in [-0.05, 0) is 61.9 Å². The Hall–Kier alpha value is -3.42. The quantitative estimate of drug-likeness (QED) is 0.502. The average molecular weight is 435 g/mol. The van der Waals surface area contributed by atoms with Crippen LogP contribution in [0.25, 0.3) is 22.2 Å². The highest BCUT2D eigenvalue weighted by Crippen LogP contribution is 2.37. The first-order chi connectivity index (χ1) is 15.4. The van der Waals surface area contributed by atoms with E-state index in [4.69, 9.17) is 4.98 Å². The molecule has 0 radical (unpaired) electrons. The molecule has 164 valence electrons. The van der Waals surface area contributed by atoms with Crippen LogP contribution in [0, 0.1) is 5.82 Å². The van der Waals surface area contributed by atoms with E-state index in [9.17, 15) is 13.6 Å². The number of aromatic amines is 1. The van der Waals surface area contributed by atoms with E-state index < -0.39 is 5.67 Å². The number of hydrogen-bond donors (Lipinski definition) is 1. The lowest BCUT2D eigenvalue weighted by Gasteiger charge is -2.31. The van der Waals surface area contributed by atoms with Crippen molar-refractivity contribution in [1.29, 1.82) is 0 Å². The SMILES string of the molecule is CC1(F)CCC(n2ncc3c(=O)[nH]c(Cc4ccc(F)cc4-c4cccnc4)nc32)CC1. The summed E-state index contributed by atoms with van der Waals surface area (Å²) < 4.78 is 30.0. The van der Waals surface area contributed by atoms with Gasteiger partial charge in [-0.1, -0.05) is 12.1 Å². The third-order valence-electron chi connectivity index (χ3n) is 6.26. The van der Waals surface area contributed by atoms with Gasteiger partial charge < -0.3 is 4.98 Å². The number of nitrogens with zero attached hydrogens (tertiary/aromatic N) is 4. The van der Waals surface area contributed by atoms with Crippen LogP contribution in [0.2, 0.25) is 0 Å². The van der Waals surface area contributed by atoms with Crippen molar-refractivity contribution in [3.63, 3.8) is 0 Å². The second-order valence-corrected chi connectivity index (χ2v) is 8.70. The van der Waals surface area contributed by atoms with Crippen LogP contribution in [0.1, 0.15) is 50.0 Å². The fraction of sp³-hybridized carbons (Fsp3) is 0.333. The molecule has 0 spiro atoms. The number of alkyl halides is 1. The van der Waals surface area contributed by atoms with Gasteiger partial charge in [-0.2, -0.15) is 5.10 Å². The molecule has 0 aliphatic heterocycles. The van der Waals surface area contributed by atoms with Gasteiger partial charge >= 0.3 is 0 Å². The normalized spacial score (nSPS) is 21.2. The summed E-state index contributed by atoms with van der Waals surface area (Å²) in [7, 11) is 0. The van der Waals surface area contributed by atoms with Crippen molar-refractivity contribution >= 4 is 11.0 Å². The third kappa shape index (κ3) is 3.92. The molecule has 5 rings (SSSR count). The van der Waals surface area contributed by atoms with E-state index in [1.807, 2.05) is 6.07 Å². The number of aromatic nitrogens is 5. The molecule has 8 heteroatoms. The zero-order valence-electron chi connectivity index (χ0n) is 17.7. The van der Waals surface area contributed by atoms with E-state index >= 15 is 0 Å². The number of hydrogen-bond acceptors (Lipinski definition) is 4. The smallest absolute Gasteiger partial charge is 0.262 e. The van der Waals surface area contributed by atoms with E-state index in [2.05, 4.69) is 15.1 Å². The van der Waals surface area contributed by atoms with Gasteiger partial charge in [-0.25, -0.2) is 18.4 Å². The van der Waals surface area contributed by atoms with E-state index in [-0.39, 0.29) is 17.4 Å². The monoisotopic (exact) mass is 435 g/mol. The van der Waals surface area contributed by atoms with E-state index in [1.54, 1.807) is 36.1 Å². The Labute approximate surface area is 183 Å². The zero-order chi connectivity index (χ0) is 22.3. The Kier molecular flexibility index (Phi) is 5.07. The van der Waals surface area contributed by atoms with Crippen LogP contribution in [0.4, 0.5) is 8.78 Å². The molecule has 0 unspecified atom stereocenters. The molecule has 32 heavy (non-hydrogen) atoms. The molecule has 0 saturated heterocycles. The number of nitrogens with one attached hydrogen (secondary N) is 1. The number of halogens is 2. The standard InChI is InChI=1S/C24H23F2N5O/c1-24(26)8-6-18(7-9-24)31-22-20(14-28-31)23(32)30-21(29-22)11-15-4-5-17(25)12-19(15)16-3-2-10-27-13-16/h2-5,10,12-14,18H,6-9,11H2,1H3,(H,29,30,32). The summed E-state index contributed by atoms with van der Waals surface area (Å²) in [6.07, 6.45) is 7.38. The van der Waals surface area contributed by atoms with Crippen LogP contribution in [-0.2, 0) is 6.42 Å². The molecule has 3 aromatic heterocycles. The third-order valence-corrected chi connectivity index (χ3v) is 6.26. The summed E-state index contributed by atoms with van der Waals surface area (Å²) in [5.41, 5.74) is 1.38. The fourth-order valence-electron chi connectivity index (χ4n) is 4.46. The molecular weight excluding hydrogens is 412 g/mol. The van der Waals surface area contributed by atoms with Gasteiger partial charge in [0.2, 0.25) is 0 Å². The highest BCUT2D eigenvalue weighted by atomic mass is 19.1. The van der Waals surface area contributed by atoms with Gasteiger partial charge in [-0.3, -0.25) is 9.78 Å².